The van der Waals surface area contributed by atoms with Crippen molar-refractivity contribution in [3.8, 4) is 0 Å². The van der Waals surface area contributed by atoms with Crippen molar-refractivity contribution >= 4 is 36.0 Å². The highest BCUT2D eigenvalue weighted by atomic mass is 127. The van der Waals surface area contributed by atoms with Gasteiger partial charge in [0, 0.05) is 32.2 Å². The van der Waals surface area contributed by atoms with Gasteiger partial charge in [0.25, 0.3) is 0 Å². The maximum Gasteiger partial charge on any atom is 0.193 e. The first-order valence-electron chi connectivity index (χ1n) is 9.79. The molecule has 1 saturated heterocycles. The van der Waals surface area contributed by atoms with Gasteiger partial charge in [-0.25, -0.2) is 0 Å². The van der Waals surface area contributed by atoms with E-state index in [2.05, 4.69) is 56.8 Å². The van der Waals surface area contributed by atoms with Crippen LogP contribution in [0, 0.1) is 13.8 Å². The van der Waals surface area contributed by atoms with E-state index < -0.39 is 0 Å². The molecule has 1 aliphatic rings. The molecule has 0 amide bonds. The summed E-state index contributed by atoms with van der Waals surface area (Å²) in [5.41, 5.74) is 5.06. The van der Waals surface area contributed by atoms with Gasteiger partial charge in [0.15, 0.2) is 5.96 Å². The average Bonchev–Trinajstić information content (AvgIpc) is 3.01. The lowest BCUT2D eigenvalue weighted by atomic mass is 10.0. The Morgan fingerprint density at radius 3 is 2.54 bits per heavy atom. The van der Waals surface area contributed by atoms with Crippen molar-refractivity contribution in [2.24, 2.45) is 4.99 Å². The van der Waals surface area contributed by atoms with Gasteiger partial charge in [-0.1, -0.05) is 47.1 Å². The quantitative estimate of drug-likeness (QED) is 0.286. The highest BCUT2D eigenvalue weighted by molar-refractivity contribution is 14.0. The van der Waals surface area contributed by atoms with Crippen LogP contribution in [0.5, 0.6) is 0 Å². The summed E-state index contributed by atoms with van der Waals surface area (Å²) in [7, 11) is 1.87. The van der Waals surface area contributed by atoms with E-state index in [1.807, 2.05) is 20.9 Å². The molecule has 0 radical (unpaired) electrons. The molecule has 0 bridgehead atoms. The summed E-state index contributed by atoms with van der Waals surface area (Å²) in [6, 6.07) is 10.6. The summed E-state index contributed by atoms with van der Waals surface area (Å²) < 4.78 is 5.23. The summed E-state index contributed by atoms with van der Waals surface area (Å²) in [5.74, 6) is 1.94. The highest BCUT2D eigenvalue weighted by Gasteiger charge is 2.17. The number of halogens is 1. The summed E-state index contributed by atoms with van der Waals surface area (Å²) in [6.07, 6.45) is 6.53. The van der Waals surface area contributed by atoms with Crippen LogP contribution >= 0.6 is 24.0 Å². The maximum absolute atomic E-state index is 5.23. The van der Waals surface area contributed by atoms with Gasteiger partial charge in [-0.3, -0.25) is 4.99 Å². The van der Waals surface area contributed by atoms with Crippen LogP contribution in [0.1, 0.15) is 41.8 Å². The number of hydrogen-bond acceptors (Lipinski definition) is 3. The standard InChI is InChI=1S/C22H30N4O.HI/c1-17-21(18(2)27-25-17)10-7-13-24-22(23-3)26-14-11-20(12-15-26)16-19-8-5-4-6-9-19;/h4-6,8-9,16H,7,10-15H2,1-3H3,(H,23,24);1H. The fraction of sp³-hybridized carbons (Fsp3) is 0.455. The Balaban J connectivity index is 0.00000280. The SMILES string of the molecule is CN=C(NCCCc1c(C)noc1C)N1CCC(=Cc2ccccc2)CC1.I. The first kappa shape index (κ1) is 22.5. The number of nitrogens with one attached hydrogen (secondary N) is 1. The molecule has 28 heavy (non-hydrogen) atoms. The predicted molar refractivity (Wildman–Crippen MR) is 126 cm³/mol. The van der Waals surface area contributed by atoms with Crippen molar-refractivity contribution in [3.05, 3.63) is 58.5 Å². The third-order valence-corrected chi connectivity index (χ3v) is 5.16. The topological polar surface area (TPSA) is 53.7 Å². The van der Waals surface area contributed by atoms with Crippen LogP contribution < -0.4 is 5.32 Å². The Morgan fingerprint density at radius 2 is 1.93 bits per heavy atom. The van der Waals surface area contributed by atoms with Gasteiger partial charge in [0.1, 0.15) is 5.76 Å². The van der Waals surface area contributed by atoms with Crippen LogP contribution in [-0.4, -0.2) is 42.7 Å². The van der Waals surface area contributed by atoms with E-state index >= 15 is 0 Å². The van der Waals surface area contributed by atoms with Crippen LogP contribution in [0.15, 0.2) is 45.4 Å². The van der Waals surface area contributed by atoms with E-state index in [1.54, 1.807) is 0 Å². The van der Waals surface area contributed by atoms with E-state index in [4.69, 9.17) is 4.52 Å². The van der Waals surface area contributed by atoms with Gasteiger partial charge in [0.2, 0.25) is 0 Å². The molecule has 1 aromatic heterocycles. The molecule has 0 aliphatic carbocycles. The second-order valence-electron chi connectivity index (χ2n) is 7.08. The fourth-order valence-corrected chi connectivity index (χ4v) is 3.59. The highest BCUT2D eigenvalue weighted by Crippen LogP contribution is 2.19. The zero-order valence-corrected chi connectivity index (χ0v) is 19.4. The second kappa shape index (κ2) is 11.2. The number of piperidine rings is 1. The molecule has 152 valence electrons. The molecular formula is C22H31IN4O. The molecule has 2 heterocycles. The zero-order valence-electron chi connectivity index (χ0n) is 17.1. The number of likely N-dealkylation sites (tertiary alicyclic amines) is 1. The van der Waals surface area contributed by atoms with Crippen molar-refractivity contribution in [3.63, 3.8) is 0 Å². The van der Waals surface area contributed by atoms with Gasteiger partial charge in [-0.15, -0.1) is 24.0 Å². The van der Waals surface area contributed by atoms with Gasteiger partial charge >= 0.3 is 0 Å². The number of nitrogens with zero attached hydrogens (tertiary/aromatic N) is 3. The lowest BCUT2D eigenvalue weighted by Gasteiger charge is -2.31. The smallest absolute Gasteiger partial charge is 0.193 e. The monoisotopic (exact) mass is 494 g/mol. The predicted octanol–water partition coefficient (Wildman–Crippen LogP) is 4.60. The minimum Gasteiger partial charge on any atom is -0.361 e. The van der Waals surface area contributed by atoms with E-state index in [9.17, 15) is 0 Å². The zero-order chi connectivity index (χ0) is 19.1. The molecule has 0 atom stereocenters. The normalized spacial score (nSPS) is 14.6. The van der Waals surface area contributed by atoms with Gasteiger partial charge in [-0.2, -0.15) is 0 Å². The lowest BCUT2D eigenvalue weighted by molar-refractivity contribution is 0.375. The van der Waals surface area contributed by atoms with Gasteiger partial charge in [-0.05, 0) is 45.1 Å². The number of aromatic nitrogens is 1. The lowest BCUT2D eigenvalue weighted by Crippen LogP contribution is -2.44. The first-order valence-corrected chi connectivity index (χ1v) is 9.79. The molecule has 2 aromatic rings. The average molecular weight is 494 g/mol. The maximum atomic E-state index is 5.23. The first-order chi connectivity index (χ1) is 13.2. The van der Waals surface area contributed by atoms with Crippen molar-refractivity contribution in [1.82, 2.24) is 15.4 Å². The number of aliphatic imine (C=N–C) groups is 1. The van der Waals surface area contributed by atoms with Crippen molar-refractivity contribution in [1.29, 1.82) is 0 Å². The van der Waals surface area contributed by atoms with Gasteiger partial charge in [0.05, 0.1) is 5.69 Å². The minimum atomic E-state index is 0. The van der Waals surface area contributed by atoms with E-state index in [0.717, 1.165) is 62.7 Å². The molecule has 5 nitrogen and oxygen atoms in total. The van der Waals surface area contributed by atoms with E-state index in [0.29, 0.717) is 0 Å². The Kier molecular flexibility index (Phi) is 9.02. The Hall–Kier alpha value is -1.83. The van der Waals surface area contributed by atoms with Crippen LogP contribution in [0.25, 0.3) is 6.08 Å². The third kappa shape index (κ3) is 6.09. The molecule has 1 N–H and O–H groups in total. The molecule has 1 fully saturated rings. The molecular weight excluding hydrogens is 463 g/mol. The third-order valence-electron chi connectivity index (χ3n) is 5.16. The van der Waals surface area contributed by atoms with Crippen LogP contribution in [0.2, 0.25) is 0 Å². The number of guanidine groups is 1. The second-order valence-corrected chi connectivity index (χ2v) is 7.08. The number of aryl methyl sites for hydroxylation is 2. The molecule has 0 spiro atoms. The summed E-state index contributed by atoms with van der Waals surface area (Å²) in [4.78, 5) is 6.83. The van der Waals surface area contributed by atoms with Crippen LogP contribution in [0.4, 0.5) is 0 Å². The van der Waals surface area contributed by atoms with Gasteiger partial charge < -0.3 is 14.7 Å². The molecule has 3 rings (SSSR count). The van der Waals surface area contributed by atoms with E-state index in [-0.39, 0.29) is 24.0 Å². The Labute approximate surface area is 185 Å². The largest absolute Gasteiger partial charge is 0.361 e. The Bertz CT molecular complexity index is 769. The molecule has 6 heteroatoms. The van der Waals surface area contributed by atoms with Crippen molar-refractivity contribution < 1.29 is 4.52 Å². The number of rotatable bonds is 5. The number of benzene rings is 1. The van der Waals surface area contributed by atoms with Crippen molar-refractivity contribution in [2.45, 2.75) is 39.5 Å². The number of hydrogen-bond donors (Lipinski definition) is 1. The van der Waals surface area contributed by atoms with E-state index in [1.165, 1.54) is 16.7 Å². The van der Waals surface area contributed by atoms with Crippen LogP contribution in [-0.2, 0) is 6.42 Å². The summed E-state index contributed by atoms with van der Waals surface area (Å²) in [5, 5.41) is 7.53. The molecule has 1 aromatic carbocycles. The molecule has 0 saturated carbocycles. The summed E-state index contributed by atoms with van der Waals surface area (Å²) in [6.45, 7) is 6.92. The van der Waals surface area contributed by atoms with Crippen molar-refractivity contribution in [2.75, 3.05) is 26.7 Å². The molecule has 0 unspecified atom stereocenters. The summed E-state index contributed by atoms with van der Waals surface area (Å²) >= 11 is 0. The van der Waals surface area contributed by atoms with Crippen LogP contribution in [0.3, 0.4) is 0 Å². The Morgan fingerprint density at radius 1 is 1.21 bits per heavy atom. The molecule has 1 aliphatic heterocycles. The minimum absolute atomic E-state index is 0. The fourth-order valence-electron chi connectivity index (χ4n) is 3.59.